The van der Waals surface area contributed by atoms with Gasteiger partial charge in [-0.25, -0.2) is 0 Å². The minimum Gasteiger partial charge on any atom is -0.371 e. The molecule has 3 rings (SSSR count). The van der Waals surface area contributed by atoms with Crippen LogP contribution in [0.1, 0.15) is 22.8 Å². The summed E-state index contributed by atoms with van der Waals surface area (Å²) in [6.45, 7) is 3.62. The van der Waals surface area contributed by atoms with Gasteiger partial charge in [-0.05, 0) is 23.6 Å². The zero-order valence-electron chi connectivity index (χ0n) is 11.1. The molecule has 0 unspecified atom stereocenters. The highest BCUT2D eigenvalue weighted by Crippen LogP contribution is 2.29. The van der Waals surface area contributed by atoms with Crippen molar-refractivity contribution in [3.63, 3.8) is 0 Å². The van der Waals surface area contributed by atoms with Crippen molar-refractivity contribution >= 4 is 0 Å². The van der Waals surface area contributed by atoms with Crippen LogP contribution in [0.3, 0.4) is 0 Å². The lowest BCUT2D eigenvalue weighted by molar-refractivity contribution is 0.0668. The molecule has 0 N–H and O–H groups in total. The second kappa shape index (κ2) is 5.55. The van der Waals surface area contributed by atoms with E-state index in [2.05, 4.69) is 55.5 Å². The molecule has 1 aliphatic heterocycles. The molecule has 98 valence electrons. The summed E-state index contributed by atoms with van der Waals surface area (Å²) in [5.41, 5.74) is 3.68. The van der Waals surface area contributed by atoms with Gasteiger partial charge in [0.25, 0.3) is 0 Å². The minimum atomic E-state index is -0.00778. The highest BCUT2D eigenvalue weighted by atomic mass is 16.6. The van der Waals surface area contributed by atoms with Crippen molar-refractivity contribution in [1.82, 2.24) is 0 Å². The van der Waals surface area contributed by atoms with Gasteiger partial charge in [0.15, 0.2) is 0 Å². The number of benzene rings is 2. The molecular weight excluding hydrogens is 236 g/mol. The van der Waals surface area contributed by atoms with Crippen LogP contribution in [0.15, 0.2) is 54.6 Å². The van der Waals surface area contributed by atoms with Gasteiger partial charge in [-0.2, -0.15) is 0 Å². The Balaban J connectivity index is 1.89. The van der Waals surface area contributed by atoms with Crippen molar-refractivity contribution in [2.75, 3.05) is 13.2 Å². The molecule has 0 radical (unpaired) electrons. The van der Waals surface area contributed by atoms with Crippen LogP contribution in [0.5, 0.6) is 0 Å². The molecule has 19 heavy (non-hydrogen) atoms. The maximum atomic E-state index is 6.09. The Morgan fingerprint density at radius 3 is 2.47 bits per heavy atom. The van der Waals surface area contributed by atoms with Crippen molar-refractivity contribution in [3.8, 4) is 0 Å². The maximum absolute atomic E-state index is 6.09. The molecule has 2 nitrogen and oxygen atoms in total. The van der Waals surface area contributed by atoms with Crippen LogP contribution in [0.4, 0.5) is 0 Å². The molecule has 2 aromatic rings. The summed E-state index contributed by atoms with van der Waals surface area (Å²) in [7, 11) is 0. The molecule has 0 aliphatic carbocycles. The summed E-state index contributed by atoms with van der Waals surface area (Å²) in [6, 6.07) is 18.8. The van der Waals surface area contributed by atoms with Crippen LogP contribution >= 0.6 is 0 Å². The average molecular weight is 254 g/mol. The molecular formula is C17H18O2. The van der Waals surface area contributed by atoms with Gasteiger partial charge in [-0.15, -0.1) is 0 Å². The molecule has 0 amide bonds. The molecule has 1 saturated heterocycles. The molecule has 0 saturated carbocycles. The van der Waals surface area contributed by atoms with Gasteiger partial charge in [0.05, 0.1) is 13.2 Å². The lowest BCUT2D eigenvalue weighted by Gasteiger charge is -2.20. The number of ether oxygens (including phenoxy) is 2. The van der Waals surface area contributed by atoms with Crippen LogP contribution in [-0.2, 0) is 9.47 Å². The van der Waals surface area contributed by atoms with Crippen molar-refractivity contribution in [2.24, 2.45) is 0 Å². The second-order valence-electron chi connectivity index (χ2n) is 4.94. The Morgan fingerprint density at radius 1 is 1.11 bits per heavy atom. The SMILES string of the molecule is Cc1ccccc1[C@@H](OC[C@H]1CO1)c1ccccc1. The standard InChI is InChI=1S/C17H18O2/c1-13-7-5-6-10-16(13)17(19-12-15-11-18-15)14-8-3-2-4-9-14/h2-10,15,17H,11-12H2,1H3/t15-,17+/m1/s1. The average Bonchev–Trinajstić information content (AvgIpc) is 3.26. The van der Waals surface area contributed by atoms with Crippen molar-refractivity contribution in [1.29, 1.82) is 0 Å². The normalized spacial score (nSPS) is 19.1. The summed E-state index contributed by atoms with van der Waals surface area (Å²) in [6.07, 6.45) is 0.279. The molecule has 2 heteroatoms. The van der Waals surface area contributed by atoms with Gasteiger partial charge < -0.3 is 9.47 Å². The van der Waals surface area contributed by atoms with Gasteiger partial charge in [0.1, 0.15) is 12.2 Å². The smallest absolute Gasteiger partial charge is 0.108 e. The van der Waals surface area contributed by atoms with E-state index in [9.17, 15) is 0 Å². The molecule has 2 atom stereocenters. The molecule has 1 heterocycles. The largest absolute Gasteiger partial charge is 0.371 e. The van der Waals surface area contributed by atoms with E-state index >= 15 is 0 Å². The molecule has 0 aromatic heterocycles. The van der Waals surface area contributed by atoms with Crippen LogP contribution in [-0.4, -0.2) is 19.3 Å². The molecule has 2 aromatic carbocycles. The fraction of sp³-hybridized carbons (Fsp3) is 0.294. The molecule has 1 fully saturated rings. The Bertz CT molecular complexity index is 532. The predicted molar refractivity (Wildman–Crippen MR) is 75.2 cm³/mol. The molecule has 0 spiro atoms. The Hall–Kier alpha value is -1.64. The summed E-state index contributed by atoms with van der Waals surface area (Å²) in [5.74, 6) is 0. The Kier molecular flexibility index (Phi) is 3.62. The first kappa shape index (κ1) is 12.4. The first-order chi connectivity index (χ1) is 9.34. The summed E-state index contributed by atoms with van der Waals surface area (Å²) in [5, 5.41) is 0. The quantitative estimate of drug-likeness (QED) is 0.762. The van der Waals surface area contributed by atoms with E-state index < -0.39 is 0 Å². The number of hydrogen-bond acceptors (Lipinski definition) is 2. The van der Waals surface area contributed by atoms with E-state index in [-0.39, 0.29) is 12.2 Å². The third-order valence-corrected chi connectivity index (χ3v) is 3.42. The van der Waals surface area contributed by atoms with Crippen LogP contribution in [0, 0.1) is 6.92 Å². The lowest BCUT2D eigenvalue weighted by Crippen LogP contribution is -2.11. The van der Waals surface area contributed by atoms with Gasteiger partial charge in [-0.1, -0.05) is 54.6 Å². The second-order valence-corrected chi connectivity index (χ2v) is 4.94. The highest BCUT2D eigenvalue weighted by molar-refractivity contribution is 5.35. The summed E-state index contributed by atoms with van der Waals surface area (Å²) >= 11 is 0. The van der Waals surface area contributed by atoms with Crippen molar-refractivity contribution in [3.05, 3.63) is 71.3 Å². The van der Waals surface area contributed by atoms with Crippen LogP contribution in [0.2, 0.25) is 0 Å². The van der Waals surface area contributed by atoms with Gasteiger partial charge >= 0.3 is 0 Å². The number of hydrogen-bond donors (Lipinski definition) is 0. The van der Waals surface area contributed by atoms with E-state index in [4.69, 9.17) is 9.47 Å². The fourth-order valence-electron chi connectivity index (χ4n) is 2.24. The molecule has 1 aliphatic rings. The van der Waals surface area contributed by atoms with E-state index in [0.29, 0.717) is 6.61 Å². The summed E-state index contributed by atoms with van der Waals surface area (Å²) in [4.78, 5) is 0. The Morgan fingerprint density at radius 2 is 1.79 bits per heavy atom. The lowest BCUT2D eigenvalue weighted by atomic mass is 9.97. The van der Waals surface area contributed by atoms with E-state index in [1.54, 1.807) is 0 Å². The third-order valence-electron chi connectivity index (χ3n) is 3.42. The minimum absolute atomic E-state index is 0.00778. The van der Waals surface area contributed by atoms with Crippen LogP contribution < -0.4 is 0 Å². The maximum Gasteiger partial charge on any atom is 0.108 e. The number of aryl methyl sites for hydroxylation is 1. The topological polar surface area (TPSA) is 21.8 Å². The first-order valence-electron chi connectivity index (χ1n) is 6.68. The van der Waals surface area contributed by atoms with Gasteiger partial charge in [0.2, 0.25) is 0 Å². The summed E-state index contributed by atoms with van der Waals surface area (Å²) < 4.78 is 11.3. The molecule has 0 bridgehead atoms. The zero-order valence-corrected chi connectivity index (χ0v) is 11.1. The van der Waals surface area contributed by atoms with Gasteiger partial charge in [-0.3, -0.25) is 0 Å². The van der Waals surface area contributed by atoms with Crippen molar-refractivity contribution in [2.45, 2.75) is 19.1 Å². The van der Waals surface area contributed by atoms with Gasteiger partial charge in [0, 0.05) is 0 Å². The van der Waals surface area contributed by atoms with E-state index in [0.717, 1.165) is 6.61 Å². The third kappa shape index (κ3) is 3.03. The highest BCUT2D eigenvalue weighted by Gasteiger charge is 2.25. The zero-order chi connectivity index (χ0) is 13.1. The van der Waals surface area contributed by atoms with E-state index in [1.165, 1.54) is 16.7 Å². The van der Waals surface area contributed by atoms with E-state index in [1.807, 2.05) is 6.07 Å². The monoisotopic (exact) mass is 254 g/mol. The predicted octanol–water partition coefficient (Wildman–Crippen LogP) is 3.50. The van der Waals surface area contributed by atoms with Crippen LogP contribution in [0.25, 0.3) is 0 Å². The Labute approximate surface area is 114 Å². The number of rotatable bonds is 5. The number of epoxide rings is 1. The first-order valence-corrected chi connectivity index (χ1v) is 6.68. The fourth-order valence-corrected chi connectivity index (χ4v) is 2.24. The van der Waals surface area contributed by atoms with Crippen molar-refractivity contribution < 1.29 is 9.47 Å².